The van der Waals surface area contributed by atoms with Gasteiger partial charge in [-0.05, 0) is 31.6 Å². The first-order valence-corrected chi connectivity index (χ1v) is 6.51. The predicted octanol–water partition coefficient (Wildman–Crippen LogP) is 2.91. The van der Waals surface area contributed by atoms with Crippen molar-refractivity contribution in [2.45, 2.75) is 58.5 Å². The van der Waals surface area contributed by atoms with Crippen molar-refractivity contribution < 1.29 is 4.52 Å². The van der Waals surface area contributed by atoms with Crippen LogP contribution in [0.15, 0.2) is 10.6 Å². The second kappa shape index (κ2) is 5.48. The van der Waals surface area contributed by atoms with E-state index in [-0.39, 0.29) is 0 Å². The third-order valence-electron chi connectivity index (χ3n) is 3.30. The van der Waals surface area contributed by atoms with E-state index in [1.807, 2.05) is 0 Å². The van der Waals surface area contributed by atoms with E-state index in [9.17, 15) is 0 Å². The lowest BCUT2D eigenvalue weighted by Crippen LogP contribution is -2.30. The molecule has 2 rings (SSSR count). The molecule has 1 fully saturated rings. The maximum atomic E-state index is 5.27. The van der Waals surface area contributed by atoms with Crippen LogP contribution in [0.2, 0.25) is 0 Å². The summed E-state index contributed by atoms with van der Waals surface area (Å²) in [5.74, 6) is 1.88. The molecule has 90 valence electrons. The average molecular weight is 222 g/mol. The highest BCUT2D eigenvalue weighted by atomic mass is 16.5. The summed E-state index contributed by atoms with van der Waals surface area (Å²) in [6, 6.07) is 2.74. The van der Waals surface area contributed by atoms with E-state index < -0.39 is 0 Å². The van der Waals surface area contributed by atoms with Crippen LogP contribution in [0.4, 0.5) is 0 Å². The topological polar surface area (TPSA) is 38.1 Å². The van der Waals surface area contributed by atoms with Crippen LogP contribution in [-0.4, -0.2) is 11.2 Å². The van der Waals surface area contributed by atoms with Gasteiger partial charge in [0.1, 0.15) is 0 Å². The molecule has 16 heavy (non-hydrogen) atoms. The lowest BCUT2D eigenvalue weighted by molar-refractivity contribution is 0.345. The van der Waals surface area contributed by atoms with E-state index in [0.717, 1.165) is 30.3 Å². The zero-order valence-corrected chi connectivity index (χ0v) is 10.3. The van der Waals surface area contributed by atoms with Crippen molar-refractivity contribution in [1.29, 1.82) is 0 Å². The zero-order valence-electron chi connectivity index (χ0n) is 10.3. The molecule has 1 atom stereocenters. The Bertz CT molecular complexity index is 317. The summed E-state index contributed by atoms with van der Waals surface area (Å²) in [4.78, 5) is 0. The standard InChI is InChI=1S/C13H22N2O/c1-3-5-13(10-6-7-10)14-9-12-8-11(4-2)15-16-12/h8,10,13-14H,3-7,9H2,1-2H3. The Kier molecular flexibility index (Phi) is 3.99. The second-order valence-electron chi connectivity index (χ2n) is 4.75. The molecular weight excluding hydrogens is 200 g/mol. The molecular formula is C13H22N2O. The van der Waals surface area contributed by atoms with E-state index in [0.29, 0.717) is 6.04 Å². The van der Waals surface area contributed by atoms with Crippen molar-refractivity contribution in [1.82, 2.24) is 10.5 Å². The molecule has 0 aliphatic heterocycles. The molecule has 1 aliphatic carbocycles. The second-order valence-corrected chi connectivity index (χ2v) is 4.75. The summed E-state index contributed by atoms with van der Waals surface area (Å²) in [5, 5.41) is 7.61. The number of hydrogen-bond donors (Lipinski definition) is 1. The smallest absolute Gasteiger partial charge is 0.150 e. The van der Waals surface area contributed by atoms with E-state index in [1.54, 1.807) is 0 Å². The highest BCUT2D eigenvalue weighted by molar-refractivity contribution is 5.05. The van der Waals surface area contributed by atoms with Gasteiger partial charge in [-0.1, -0.05) is 25.4 Å². The van der Waals surface area contributed by atoms with Gasteiger partial charge in [0.2, 0.25) is 0 Å². The fraction of sp³-hybridized carbons (Fsp3) is 0.769. The molecule has 1 unspecified atom stereocenters. The molecule has 3 nitrogen and oxygen atoms in total. The Morgan fingerprint density at radius 3 is 2.88 bits per heavy atom. The van der Waals surface area contributed by atoms with Gasteiger partial charge in [0.15, 0.2) is 5.76 Å². The molecule has 3 heteroatoms. The normalized spacial score (nSPS) is 17.6. The van der Waals surface area contributed by atoms with Gasteiger partial charge in [0.05, 0.1) is 12.2 Å². The number of aromatic nitrogens is 1. The minimum absolute atomic E-state index is 0.681. The molecule has 1 heterocycles. The molecule has 1 saturated carbocycles. The van der Waals surface area contributed by atoms with Crippen molar-refractivity contribution >= 4 is 0 Å². The zero-order chi connectivity index (χ0) is 11.4. The molecule has 1 aromatic heterocycles. The van der Waals surface area contributed by atoms with Gasteiger partial charge in [-0.2, -0.15) is 0 Å². The van der Waals surface area contributed by atoms with Crippen LogP contribution in [0.1, 0.15) is 51.0 Å². The summed E-state index contributed by atoms with van der Waals surface area (Å²) in [7, 11) is 0. The third-order valence-corrected chi connectivity index (χ3v) is 3.30. The summed E-state index contributed by atoms with van der Waals surface area (Å²) >= 11 is 0. The SMILES string of the molecule is CCCC(NCc1cc(CC)no1)C1CC1. The maximum Gasteiger partial charge on any atom is 0.150 e. The van der Waals surface area contributed by atoms with Crippen LogP contribution in [0.3, 0.4) is 0 Å². The Balaban J connectivity index is 1.80. The largest absolute Gasteiger partial charge is 0.360 e. The van der Waals surface area contributed by atoms with E-state index in [1.165, 1.54) is 25.7 Å². The average Bonchev–Trinajstić information content (AvgIpc) is 3.03. The summed E-state index contributed by atoms with van der Waals surface area (Å²) in [6.07, 6.45) is 6.28. The summed E-state index contributed by atoms with van der Waals surface area (Å²) < 4.78 is 5.27. The summed E-state index contributed by atoms with van der Waals surface area (Å²) in [6.45, 7) is 5.17. The highest BCUT2D eigenvalue weighted by Gasteiger charge is 2.30. The van der Waals surface area contributed by atoms with Crippen LogP contribution in [0.5, 0.6) is 0 Å². The van der Waals surface area contributed by atoms with E-state index in [2.05, 4.69) is 30.4 Å². The van der Waals surface area contributed by atoms with Gasteiger partial charge in [-0.25, -0.2) is 0 Å². The number of nitrogens with one attached hydrogen (secondary N) is 1. The first-order chi connectivity index (χ1) is 7.83. The van der Waals surface area contributed by atoms with Gasteiger partial charge in [0, 0.05) is 12.1 Å². The lowest BCUT2D eigenvalue weighted by atomic mass is 10.1. The first-order valence-electron chi connectivity index (χ1n) is 6.51. The molecule has 1 aliphatic rings. The molecule has 0 bridgehead atoms. The van der Waals surface area contributed by atoms with Crippen LogP contribution in [0.25, 0.3) is 0 Å². The minimum atomic E-state index is 0.681. The Labute approximate surface area is 97.6 Å². The quantitative estimate of drug-likeness (QED) is 0.771. The van der Waals surface area contributed by atoms with Gasteiger partial charge >= 0.3 is 0 Å². The van der Waals surface area contributed by atoms with Gasteiger partial charge in [-0.3, -0.25) is 0 Å². The number of hydrogen-bond acceptors (Lipinski definition) is 3. The number of rotatable bonds is 7. The lowest BCUT2D eigenvalue weighted by Gasteiger charge is -2.16. The van der Waals surface area contributed by atoms with Crippen molar-refractivity contribution in [3.63, 3.8) is 0 Å². The Hall–Kier alpha value is -0.830. The van der Waals surface area contributed by atoms with E-state index in [4.69, 9.17) is 4.52 Å². The van der Waals surface area contributed by atoms with Crippen molar-refractivity contribution in [3.05, 3.63) is 17.5 Å². The molecule has 0 amide bonds. The molecule has 0 saturated heterocycles. The number of nitrogens with zero attached hydrogens (tertiary/aromatic N) is 1. The fourth-order valence-electron chi connectivity index (χ4n) is 2.15. The van der Waals surface area contributed by atoms with Crippen LogP contribution < -0.4 is 5.32 Å². The maximum absolute atomic E-state index is 5.27. The molecule has 1 N–H and O–H groups in total. The van der Waals surface area contributed by atoms with Crippen molar-refractivity contribution in [3.8, 4) is 0 Å². The molecule has 1 aromatic rings. The van der Waals surface area contributed by atoms with Gasteiger partial charge < -0.3 is 9.84 Å². The fourth-order valence-corrected chi connectivity index (χ4v) is 2.15. The van der Waals surface area contributed by atoms with E-state index >= 15 is 0 Å². The summed E-state index contributed by atoms with van der Waals surface area (Å²) in [5.41, 5.74) is 1.05. The van der Waals surface area contributed by atoms with Crippen LogP contribution >= 0.6 is 0 Å². The van der Waals surface area contributed by atoms with Crippen LogP contribution in [-0.2, 0) is 13.0 Å². The third kappa shape index (κ3) is 3.08. The molecule has 0 spiro atoms. The Morgan fingerprint density at radius 2 is 2.31 bits per heavy atom. The van der Waals surface area contributed by atoms with Crippen LogP contribution in [0, 0.1) is 5.92 Å². The predicted molar refractivity (Wildman–Crippen MR) is 64.1 cm³/mol. The number of aryl methyl sites for hydroxylation is 1. The van der Waals surface area contributed by atoms with Crippen molar-refractivity contribution in [2.75, 3.05) is 0 Å². The molecule has 0 aromatic carbocycles. The van der Waals surface area contributed by atoms with Gasteiger partial charge in [-0.15, -0.1) is 0 Å². The first kappa shape index (κ1) is 11.6. The molecule has 0 radical (unpaired) electrons. The van der Waals surface area contributed by atoms with Gasteiger partial charge in [0.25, 0.3) is 0 Å². The minimum Gasteiger partial charge on any atom is -0.360 e. The highest BCUT2D eigenvalue weighted by Crippen LogP contribution is 2.34. The monoisotopic (exact) mass is 222 g/mol. The Morgan fingerprint density at radius 1 is 1.50 bits per heavy atom. The van der Waals surface area contributed by atoms with Crippen molar-refractivity contribution in [2.24, 2.45) is 5.92 Å².